The second-order valence-electron chi connectivity index (χ2n) is 4.88. The highest BCUT2D eigenvalue weighted by Gasteiger charge is 2.18. The molecule has 1 fully saturated rings. The lowest BCUT2D eigenvalue weighted by Crippen LogP contribution is -2.16. The normalized spacial score (nSPS) is 20.5. The van der Waals surface area contributed by atoms with Gasteiger partial charge in [0.05, 0.1) is 0 Å². The Labute approximate surface area is 88.8 Å². The smallest absolute Gasteiger partial charge is 0.150 e. The van der Waals surface area contributed by atoms with E-state index in [2.05, 4.69) is 13.1 Å². The number of hydrogen-bond donors (Lipinski definition) is 0. The van der Waals surface area contributed by atoms with Gasteiger partial charge in [-0.15, -0.1) is 0 Å². The Balaban J connectivity index is 2.04. The summed E-state index contributed by atoms with van der Waals surface area (Å²) in [6, 6.07) is 1.29. The fourth-order valence-electron chi connectivity index (χ4n) is 2.06. The van der Waals surface area contributed by atoms with Gasteiger partial charge in [0.2, 0.25) is 0 Å². The molecule has 0 amide bonds. The second kappa shape index (κ2) is 5.40. The van der Waals surface area contributed by atoms with Gasteiger partial charge in [0.15, 0.2) is 0 Å². The first kappa shape index (κ1) is 11.6. The van der Waals surface area contributed by atoms with Crippen molar-refractivity contribution < 1.29 is 0 Å². The molecule has 0 nitrogen and oxygen atoms in total. The van der Waals surface area contributed by atoms with E-state index in [0.717, 1.165) is 0 Å². The van der Waals surface area contributed by atoms with Crippen LogP contribution < -0.4 is 0 Å². The molecular formula is C11H22ClSi. The van der Waals surface area contributed by atoms with Gasteiger partial charge in [0.1, 0.15) is 7.38 Å². The molecule has 0 aromatic heterocycles. The quantitative estimate of drug-likeness (QED) is 0.471. The van der Waals surface area contributed by atoms with Crippen LogP contribution >= 0.6 is 11.1 Å². The zero-order chi connectivity index (χ0) is 9.73. The molecule has 2 heteroatoms. The van der Waals surface area contributed by atoms with Crippen LogP contribution in [0.15, 0.2) is 0 Å². The van der Waals surface area contributed by atoms with Crippen molar-refractivity contribution in [3.05, 3.63) is 5.92 Å². The first-order valence-corrected chi connectivity index (χ1v) is 9.82. The van der Waals surface area contributed by atoms with Crippen molar-refractivity contribution in [3.63, 3.8) is 0 Å². The van der Waals surface area contributed by atoms with Crippen molar-refractivity contribution in [2.45, 2.75) is 64.1 Å². The summed E-state index contributed by atoms with van der Waals surface area (Å²) in [6.07, 6.45) is 9.86. The SMILES string of the molecule is C[Si](C)(Cl)CCC[C]1CCCCC1. The minimum Gasteiger partial charge on any atom is -0.168 e. The third kappa shape index (κ3) is 5.74. The third-order valence-electron chi connectivity index (χ3n) is 2.86. The van der Waals surface area contributed by atoms with Crippen LogP contribution in [0.25, 0.3) is 0 Å². The van der Waals surface area contributed by atoms with E-state index < -0.39 is 7.38 Å². The zero-order valence-corrected chi connectivity index (χ0v) is 10.8. The number of halogens is 1. The molecule has 0 bridgehead atoms. The van der Waals surface area contributed by atoms with E-state index >= 15 is 0 Å². The Hall–Kier alpha value is 0.507. The van der Waals surface area contributed by atoms with Gasteiger partial charge in [-0.3, -0.25) is 0 Å². The lowest BCUT2D eigenvalue weighted by atomic mass is 9.86. The topological polar surface area (TPSA) is 0 Å². The molecule has 0 N–H and O–H groups in total. The summed E-state index contributed by atoms with van der Waals surface area (Å²) in [6.45, 7) is 4.50. The summed E-state index contributed by atoms with van der Waals surface area (Å²) in [5, 5.41) is 0. The molecular weight excluding hydrogens is 196 g/mol. The maximum atomic E-state index is 6.28. The lowest BCUT2D eigenvalue weighted by Gasteiger charge is -2.21. The Kier molecular flexibility index (Phi) is 4.81. The van der Waals surface area contributed by atoms with Crippen LogP contribution in [0.2, 0.25) is 19.1 Å². The van der Waals surface area contributed by atoms with Crippen molar-refractivity contribution in [1.29, 1.82) is 0 Å². The molecule has 0 spiro atoms. The first-order valence-electron chi connectivity index (χ1n) is 5.60. The van der Waals surface area contributed by atoms with Crippen LogP contribution in [0, 0.1) is 5.92 Å². The van der Waals surface area contributed by atoms with Gasteiger partial charge in [0.25, 0.3) is 0 Å². The maximum Gasteiger partial charge on any atom is 0.150 e. The highest BCUT2D eigenvalue weighted by Crippen LogP contribution is 2.31. The van der Waals surface area contributed by atoms with Crippen LogP contribution in [0.3, 0.4) is 0 Å². The van der Waals surface area contributed by atoms with Gasteiger partial charge in [-0.2, -0.15) is 11.1 Å². The van der Waals surface area contributed by atoms with Gasteiger partial charge < -0.3 is 0 Å². The molecule has 0 aromatic rings. The number of rotatable bonds is 4. The molecule has 0 heterocycles. The second-order valence-corrected chi connectivity index (χ2v) is 11.9. The fraction of sp³-hybridized carbons (Fsp3) is 0.909. The predicted molar refractivity (Wildman–Crippen MR) is 63.7 cm³/mol. The minimum atomic E-state index is -1.28. The average Bonchev–Trinajstić information content (AvgIpc) is 2.04. The van der Waals surface area contributed by atoms with Gasteiger partial charge in [-0.25, -0.2) is 0 Å². The van der Waals surface area contributed by atoms with E-state index in [4.69, 9.17) is 11.1 Å². The summed E-state index contributed by atoms with van der Waals surface area (Å²) in [5.74, 6) is 1.82. The summed E-state index contributed by atoms with van der Waals surface area (Å²) in [5.41, 5.74) is 0. The molecule has 1 rings (SSSR count). The van der Waals surface area contributed by atoms with Gasteiger partial charge >= 0.3 is 0 Å². The van der Waals surface area contributed by atoms with Gasteiger partial charge in [0, 0.05) is 0 Å². The zero-order valence-electron chi connectivity index (χ0n) is 9.03. The van der Waals surface area contributed by atoms with Crippen LogP contribution in [0.4, 0.5) is 0 Å². The Morgan fingerprint density at radius 1 is 1.15 bits per heavy atom. The Bertz CT molecular complexity index is 134. The highest BCUT2D eigenvalue weighted by molar-refractivity contribution is 7.19. The molecule has 1 radical (unpaired) electrons. The minimum absolute atomic E-state index is 1.28. The molecule has 1 aliphatic rings. The van der Waals surface area contributed by atoms with Crippen molar-refractivity contribution in [2.24, 2.45) is 0 Å². The molecule has 0 atom stereocenters. The Morgan fingerprint density at radius 3 is 2.31 bits per heavy atom. The van der Waals surface area contributed by atoms with E-state index in [1.807, 2.05) is 5.92 Å². The third-order valence-corrected chi connectivity index (χ3v) is 4.97. The predicted octanol–water partition coefficient (Wildman–Crippen LogP) is 4.75. The van der Waals surface area contributed by atoms with Crippen molar-refractivity contribution >= 4 is 18.5 Å². The van der Waals surface area contributed by atoms with Crippen molar-refractivity contribution in [1.82, 2.24) is 0 Å². The van der Waals surface area contributed by atoms with Crippen LogP contribution in [0.5, 0.6) is 0 Å². The van der Waals surface area contributed by atoms with Crippen LogP contribution in [-0.4, -0.2) is 7.38 Å². The van der Waals surface area contributed by atoms with Gasteiger partial charge in [-0.05, 0) is 31.2 Å². The molecule has 1 saturated carbocycles. The van der Waals surface area contributed by atoms with E-state index in [1.54, 1.807) is 0 Å². The molecule has 13 heavy (non-hydrogen) atoms. The molecule has 0 aliphatic heterocycles. The first-order chi connectivity index (χ1) is 6.08. The Morgan fingerprint density at radius 2 is 1.77 bits per heavy atom. The summed E-state index contributed by atoms with van der Waals surface area (Å²) < 4.78 is 0. The lowest BCUT2D eigenvalue weighted by molar-refractivity contribution is 0.502. The van der Waals surface area contributed by atoms with E-state index in [1.165, 1.54) is 51.0 Å². The fourth-order valence-corrected chi connectivity index (χ4v) is 3.48. The highest BCUT2D eigenvalue weighted by atomic mass is 35.6. The summed E-state index contributed by atoms with van der Waals surface area (Å²) in [4.78, 5) is 0. The molecule has 0 aromatic carbocycles. The summed E-state index contributed by atoms with van der Waals surface area (Å²) in [7, 11) is -1.28. The largest absolute Gasteiger partial charge is 0.168 e. The van der Waals surface area contributed by atoms with Crippen molar-refractivity contribution in [3.8, 4) is 0 Å². The molecule has 1 aliphatic carbocycles. The standard InChI is InChI=1S/C11H22ClSi/c1-13(2,12)10-6-9-11-7-4-3-5-8-11/h3-10H2,1-2H3. The molecule has 0 saturated heterocycles. The molecule has 0 unspecified atom stereocenters. The summed E-state index contributed by atoms with van der Waals surface area (Å²) >= 11 is 6.28. The number of hydrogen-bond acceptors (Lipinski definition) is 0. The molecule has 77 valence electrons. The monoisotopic (exact) mass is 217 g/mol. The van der Waals surface area contributed by atoms with E-state index in [0.29, 0.717) is 0 Å². The van der Waals surface area contributed by atoms with Crippen LogP contribution in [0.1, 0.15) is 44.9 Å². The van der Waals surface area contributed by atoms with Crippen LogP contribution in [-0.2, 0) is 0 Å². The van der Waals surface area contributed by atoms with E-state index in [9.17, 15) is 0 Å². The van der Waals surface area contributed by atoms with E-state index in [-0.39, 0.29) is 0 Å². The average molecular weight is 218 g/mol. The van der Waals surface area contributed by atoms with Crippen molar-refractivity contribution in [2.75, 3.05) is 0 Å². The van der Waals surface area contributed by atoms with Gasteiger partial charge in [-0.1, -0.05) is 38.8 Å². The maximum absolute atomic E-state index is 6.28.